The fourth-order valence-corrected chi connectivity index (χ4v) is 3.21. The molecule has 0 bridgehead atoms. The van der Waals surface area contributed by atoms with Crippen LogP contribution < -0.4 is 10.1 Å². The summed E-state index contributed by atoms with van der Waals surface area (Å²) in [6.45, 7) is 1.68. The number of amides is 1. The Balaban J connectivity index is 1.60. The van der Waals surface area contributed by atoms with Crippen LogP contribution in [0.3, 0.4) is 0 Å². The number of nitrogens with one attached hydrogen (secondary N) is 1. The molecule has 30 heavy (non-hydrogen) atoms. The smallest absolute Gasteiger partial charge is 0.433 e. The highest BCUT2D eigenvalue weighted by Gasteiger charge is 2.35. The average Bonchev–Trinajstić information content (AvgIpc) is 3.31. The van der Waals surface area contributed by atoms with E-state index in [-0.39, 0.29) is 5.69 Å². The Labute approximate surface area is 168 Å². The van der Waals surface area contributed by atoms with E-state index in [9.17, 15) is 18.0 Å². The van der Waals surface area contributed by atoms with E-state index < -0.39 is 17.8 Å². The van der Waals surface area contributed by atoms with Crippen LogP contribution in [0.1, 0.15) is 21.8 Å². The lowest BCUT2D eigenvalue weighted by Crippen LogP contribution is -2.14. The van der Waals surface area contributed by atoms with E-state index in [1.807, 2.05) is 0 Å². The van der Waals surface area contributed by atoms with E-state index in [0.29, 0.717) is 33.7 Å². The van der Waals surface area contributed by atoms with Crippen LogP contribution in [0, 0.1) is 6.92 Å². The largest absolute Gasteiger partial charge is 0.497 e. The van der Waals surface area contributed by atoms with Gasteiger partial charge in [0.2, 0.25) is 0 Å². The van der Waals surface area contributed by atoms with Crippen molar-refractivity contribution in [3.8, 4) is 11.4 Å². The predicted molar refractivity (Wildman–Crippen MR) is 104 cm³/mol. The Morgan fingerprint density at radius 2 is 1.87 bits per heavy atom. The molecule has 0 atom stereocenters. The van der Waals surface area contributed by atoms with Gasteiger partial charge in [-0.3, -0.25) is 4.79 Å². The number of halogens is 3. The Morgan fingerprint density at radius 3 is 2.53 bits per heavy atom. The molecule has 0 saturated carbocycles. The summed E-state index contributed by atoms with van der Waals surface area (Å²) in [4.78, 5) is 12.8. The average molecular weight is 415 g/mol. The van der Waals surface area contributed by atoms with Gasteiger partial charge in [-0.2, -0.15) is 18.3 Å². The number of carbonyl (C=O) groups is 1. The molecule has 1 N–H and O–H groups in total. The maximum absolute atomic E-state index is 13.1. The lowest BCUT2D eigenvalue weighted by molar-refractivity contribution is -0.142. The van der Waals surface area contributed by atoms with Gasteiger partial charge in [0.05, 0.1) is 24.6 Å². The monoisotopic (exact) mass is 415 g/mol. The van der Waals surface area contributed by atoms with Crippen molar-refractivity contribution in [2.75, 3.05) is 12.4 Å². The SMILES string of the molecule is COc1ccc2oc(C)c(C(=O)Nc3ccc(-n4nccc4C(F)(F)F)cc3)c2c1. The molecule has 0 aliphatic rings. The first-order chi connectivity index (χ1) is 14.3. The lowest BCUT2D eigenvalue weighted by atomic mass is 10.1. The lowest BCUT2D eigenvalue weighted by Gasteiger charge is -2.11. The normalized spacial score (nSPS) is 11.6. The van der Waals surface area contributed by atoms with Crippen LogP contribution >= 0.6 is 0 Å². The molecular weight excluding hydrogens is 399 g/mol. The maximum atomic E-state index is 13.1. The van der Waals surface area contributed by atoms with Crippen molar-refractivity contribution in [3.63, 3.8) is 0 Å². The predicted octanol–water partition coefficient (Wildman–Crippen LogP) is 5.21. The van der Waals surface area contributed by atoms with Gasteiger partial charge < -0.3 is 14.5 Å². The van der Waals surface area contributed by atoms with Gasteiger partial charge in [0.15, 0.2) is 0 Å². The molecule has 154 valence electrons. The number of aryl methyl sites for hydroxylation is 1. The highest BCUT2D eigenvalue weighted by atomic mass is 19.4. The molecule has 0 saturated heterocycles. The summed E-state index contributed by atoms with van der Waals surface area (Å²) in [6.07, 6.45) is -3.44. The highest BCUT2D eigenvalue weighted by Crippen LogP contribution is 2.31. The fraction of sp³-hybridized carbons (Fsp3) is 0.143. The zero-order valence-corrected chi connectivity index (χ0v) is 15.9. The number of aromatic nitrogens is 2. The van der Waals surface area contributed by atoms with Crippen LogP contribution in [0.25, 0.3) is 16.7 Å². The van der Waals surface area contributed by atoms with Gasteiger partial charge in [0.25, 0.3) is 5.91 Å². The van der Waals surface area contributed by atoms with Crippen LogP contribution in [-0.4, -0.2) is 22.8 Å². The second-order valence-electron chi connectivity index (χ2n) is 6.52. The van der Waals surface area contributed by atoms with Gasteiger partial charge in [-0.25, -0.2) is 4.68 Å². The third-order valence-corrected chi connectivity index (χ3v) is 4.60. The topological polar surface area (TPSA) is 69.3 Å². The minimum Gasteiger partial charge on any atom is -0.497 e. The van der Waals surface area contributed by atoms with E-state index in [1.54, 1.807) is 25.1 Å². The minimum atomic E-state index is -4.52. The van der Waals surface area contributed by atoms with Gasteiger partial charge in [-0.1, -0.05) is 0 Å². The Morgan fingerprint density at radius 1 is 1.13 bits per heavy atom. The highest BCUT2D eigenvalue weighted by molar-refractivity contribution is 6.13. The van der Waals surface area contributed by atoms with Crippen LogP contribution in [0.15, 0.2) is 59.1 Å². The third-order valence-electron chi connectivity index (χ3n) is 4.60. The molecule has 2 heterocycles. The number of benzene rings is 2. The molecular formula is C21H16F3N3O3. The summed E-state index contributed by atoms with van der Waals surface area (Å²) in [5.41, 5.74) is 0.668. The number of carbonyl (C=O) groups excluding carboxylic acids is 1. The standard InChI is InChI=1S/C21H16F3N3O3/c1-12-19(16-11-15(29-2)7-8-17(16)30-12)20(28)26-13-3-5-14(6-4-13)27-18(9-10-25-27)21(22,23)24/h3-11H,1-2H3,(H,26,28). The minimum absolute atomic E-state index is 0.222. The number of methoxy groups -OCH3 is 1. The molecule has 0 fully saturated rings. The van der Waals surface area contributed by atoms with Crippen molar-refractivity contribution in [2.24, 2.45) is 0 Å². The van der Waals surface area contributed by atoms with Gasteiger partial charge in [0, 0.05) is 11.1 Å². The number of alkyl halides is 3. The molecule has 9 heteroatoms. The van der Waals surface area contributed by atoms with Crippen molar-refractivity contribution in [1.82, 2.24) is 9.78 Å². The molecule has 0 spiro atoms. The summed E-state index contributed by atoms with van der Waals surface area (Å²) in [5.74, 6) is 0.627. The van der Waals surface area contributed by atoms with Gasteiger partial charge in [-0.15, -0.1) is 0 Å². The van der Waals surface area contributed by atoms with Crippen molar-refractivity contribution < 1.29 is 27.1 Å². The van der Waals surface area contributed by atoms with Crippen LogP contribution in [-0.2, 0) is 6.18 Å². The van der Waals surface area contributed by atoms with Gasteiger partial charge in [-0.05, 0) is 55.5 Å². The van der Waals surface area contributed by atoms with E-state index in [1.165, 1.54) is 31.4 Å². The first-order valence-corrected chi connectivity index (χ1v) is 8.88. The molecule has 2 aromatic heterocycles. The first-order valence-electron chi connectivity index (χ1n) is 8.88. The van der Waals surface area contributed by atoms with Crippen LogP contribution in [0.5, 0.6) is 5.75 Å². The van der Waals surface area contributed by atoms with Gasteiger partial charge in [0.1, 0.15) is 22.8 Å². The molecule has 2 aromatic carbocycles. The van der Waals surface area contributed by atoms with Crippen LogP contribution in [0.2, 0.25) is 0 Å². The fourth-order valence-electron chi connectivity index (χ4n) is 3.21. The van der Waals surface area contributed by atoms with Crippen molar-refractivity contribution >= 4 is 22.6 Å². The Kier molecular flexibility index (Phi) is 4.73. The summed E-state index contributed by atoms with van der Waals surface area (Å²) in [7, 11) is 1.53. The Bertz CT molecular complexity index is 1220. The van der Waals surface area contributed by atoms with E-state index >= 15 is 0 Å². The number of rotatable bonds is 4. The van der Waals surface area contributed by atoms with Gasteiger partial charge >= 0.3 is 6.18 Å². The second kappa shape index (κ2) is 7.25. The molecule has 0 aliphatic heterocycles. The van der Waals surface area contributed by atoms with Crippen molar-refractivity contribution in [3.05, 3.63) is 71.7 Å². The molecule has 4 rings (SSSR count). The number of hydrogen-bond donors (Lipinski definition) is 1. The van der Waals surface area contributed by atoms with Crippen LogP contribution in [0.4, 0.5) is 18.9 Å². The molecule has 0 aliphatic carbocycles. The summed E-state index contributed by atoms with van der Waals surface area (Å²) >= 11 is 0. The number of fused-ring (bicyclic) bond motifs is 1. The number of anilines is 1. The van der Waals surface area contributed by atoms with Crippen molar-refractivity contribution in [2.45, 2.75) is 13.1 Å². The second-order valence-corrected chi connectivity index (χ2v) is 6.52. The summed E-state index contributed by atoms with van der Waals surface area (Å²) in [5, 5.41) is 7.08. The van der Waals surface area contributed by atoms with E-state index in [2.05, 4.69) is 10.4 Å². The third kappa shape index (κ3) is 3.49. The zero-order chi connectivity index (χ0) is 21.5. The molecule has 6 nitrogen and oxygen atoms in total. The number of hydrogen-bond acceptors (Lipinski definition) is 4. The number of nitrogens with zero attached hydrogens (tertiary/aromatic N) is 2. The summed E-state index contributed by atoms with van der Waals surface area (Å²) in [6, 6.07) is 12.0. The maximum Gasteiger partial charge on any atom is 0.433 e. The quantitative estimate of drug-likeness (QED) is 0.497. The molecule has 4 aromatic rings. The molecule has 0 unspecified atom stereocenters. The molecule has 1 amide bonds. The zero-order valence-electron chi connectivity index (χ0n) is 15.9. The van der Waals surface area contributed by atoms with E-state index in [4.69, 9.17) is 9.15 Å². The van der Waals surface area contributed by atoms with Crippen molar-refractivity contribution in [1.29, 1.82) is 0 Å². The summed E-state index contributed by atoms with van der Waals surface area (Å²) < 4.78 is 50.8. The van der Waals surface area contributed by atoms with E-state index in [0.717, 1.165) is 16.9 Å². The Hall–Kier alpha value is -3.75. The molecule has 0 radical (unpaired) electrons. The number of furan rings is 1. The first kappa shape index (κ1) is 19.6. The number of ether oxygens (including phenoxy) is 1.